The Kier molecular flexibility index (Phi) is 5.15. The van der Waals surface area contributed by atoms with Crippen molar-refractivity contribution in [3.8, 4) is 5.75 Å². The molecular weight excluding hydrogens is 316 g/mol. The lowest BCUT2D eigenvalue weighted by atomic mass is 10.1. The maximum atomic E-state index is 5.90. The standard InChI is InChI=1S/C16H19BrN2O/c1-11(18)8-15-16(7-6-12(2)19-15)20-10-13-4-3-5-14(17)9-13/h3-7,9,11H,8,10,18H2,1-2H3. The number of pyridine rings is 1. The molecule has 0 saturated carbocycles. The van der Waals surface area contributed by atoms with E-state index in [4.69, 9.17) is 10.5 Å². The molecule has 0 amide bonds. The molecule has 0 fully saturated rings. The van der Waals surface area contributed by atoms with Crippen molar-refractivity contribution in [2.75, 3.05) is 0 Å². The van der Waals surface area contributed by atoms with E-state index >= 15 is 0 Å². The smallest absolute Gasteiger partial charge is 0.141 e. The van der Waals surface area contributed by atoms with E-state index in [2.05, 4.69) is 20.9 Å². The molecule has 1 heterocycles. The summed E-state index contributed by atoms with van der Waals surface area (Å²) in [6, 6.07) is 12.1. The molecule has 0 radical (unpaired) electrons. The third-order valence-electron chi connectivity index (χ3n) is 2.87. The summed E-state index contributed by atoms with van der Waals surface area (Å²) >= 11 is 3.46. The second-order valence-corrected chi connectivity index (χ2v) is 5.91. The van der Waals surface area contributed by atoms with Gasteiger partial charge >= 0.3 is 0 Å². The van der Waals surface area contributed by atoms with Gasteiger partial charge in [0, 0.05) is 22.6 Å². The molecule has 2 aromatic rings. The summed E-state index contributed by atoms with van der Waals surface area (Å²) in [5, 5.41) is 0. The molecule has 1 atom stereocenters. The van der Waals surface area contributed by atoms with E-state index in [1.807, 2.05) is 50.2 Å². The van der Waals surface area contributed by atoms with Gasteiger partial charge in [-0.15, -0.1) is 0 Å². The molecule has 1 unspecified atom stereocenters. The number of nitrogens with two attached hydrogens (primary N) is 1. The van der Waals surface area contributed by atoms with E-state index in [1.54, 1.807) is 0 Å². The molecule has 2 rings (SSSR count). The van der Waals surface area contributed by atoms with E-state index in [0.717, 1.165) is 33.6 Å². The Hall–Kier alpha value is -1.39. The lowest BCUT2D eigenvalue weighted by molar-refractivity contribution is 0.300. The van der Waals surface area contributed by atoms with Crippen LogP contribution in [-0.2, 0) is 13.0 Å². The maximum Gasteiger partial charge on any atom is 0.141 e. The summed E-state index contributed by atoms with van der Waals surface area (Å²) in [4.78, 5) is 4.53. The van der Waals surface area contributed by atoms with Crippen molar-refractivity contribution in [2.24, 2.45) is 5.73 Å². The van der Waals surface area contributed by atoms with Crippen LogP contribution >= 0.6 is 15.9 Å². The highest BCUT2D eigenvalue weighted by Gasteiger charge is 2.08. The van der Waals surface area contributed by atoms with Crippen LogP contribution in [0.5, 0.6) is 5.75 Å². The van der Waals surface area contributed by atoms with Crippen LogP contribution in [0.4, 0.5) is 0 Å². The SMILES string of the molecule is Cc1ccc(OCc2cccc(Br)c2)c(CC(C)N)n1. The molecule has 0 aliphatic carbocycles. The predicted octanol–water partition coefficient (Wildman–Crippen LogP) is 3.62. The summed E-state index contributed by atoms with van der Waals surface area (Å²) in [5.74, 6) is 0.813. The van der Waals surface area contributed by atoms with Gasteiger partial charge in [0.25, 0.3) is 0 Å². The third kappa shape index (κ3) is 4.32. The molecule has 3 nitrogen and oxygen atoms in total. The van der Waals surface area contributed by atoms with Gasteiger partial charge in [-0.05, 0) is 43.7 Å². The highest BCUT2D eigenvalue weighted by Crippen LogP contribution is 2.20. The number of ether oxygens (including phenoxy) is 1. The molecule has 106 valence electrons. The summed E-state index contributed by atoms with van der Waals surface area (Å²) in [6.45, 7) is 4.47. The van der Waals surface area contributed by atoms with Gasteiger partial charge in [-0.3, -0.25) is 4.98 Å². The van der Waals surface area contributed by atoms with Crippen molar-refractivity contribution in [3.63, 3.8) is 0 Å². The molecule has 1 aromatic carbocycles. The Bertz CT molecular complexity index is 584. The topological polar surface area (TPSA) is 48.1 Å². The second-order valence-electron chi connectivity index (χ2n) is 5.00. The molecule has 0 spiro atoms. The van der Waals surface area contributed by atoms with Crippen LogP contribution in [0, 0.1) is 6.92 Å². The zero-order valence-corrected chi connectivity index (χ0v) is 13.4. The van der Waals surface area contributed by atoms with E-state index in [-0.39, 0.29) is 6.04 Å². The molecule has 0 aliphatic rings. The van der Waals surface area contributed by atoms with Crippen molar-refractivity contribution < 1.29 is 4.74 Å². The molecule has 20 heavy (non-hydrogen) atoms. The number of hydrogen-bond donors (Lipinski definition) is 1. The van der Waals surface area contributed by atoms with E-state index in [9.17, 15) is 0 Å². The van der Waals surface area contributed by atoms with Crippen molar-refractivity contribution in [1.82, 2.24) is 4.98 Å². The fourth-order valence-corrected chi connectivity index (χ4v) is 2.41. The Labute approximate surface area is 128 Å². The normalized spacial score (nSPS) is 12.2. The van der Waals surface area contributed by atoms with Crippen LogP contribution in [0.1, 0.15) is 23.9 Å². The molecule has 0 bridgehead atoms. The highest BCUT2D eigenvalue weighted by atomic mass is 79.9. The number of hydrogen-bond acceptors (Lipinski definition) is 3. The van der Waals surface area contributed by atoms with Crippen LogP contribution in [0.2, 0.25) is 0 Å². The lowest BCUT2D eigenvalue weighted by Gasteiger charge is -2.13. The van der Waals surface area contributed by atoms with Gasteiger partial charge in [0.2, 0.25) is 0 Å². The minimum Gasteiger partial charge on any atom is -0.487 e. The number of rotatable bonds is 5. The molecule has 1 aromatic heterocycles. The summed E-state index contributed by atoms with van der Waals surface area (Å²) in [6.07, 6.45) is 0.718. The van der Waals surface area contributed by atoms with Crippen molar-refractivity contribution in [2.45, 2.75) is 32.9 Å². The Balaban J connectivity index is 2.12. The van der Waals surface area contributed by atoms with Gasteiger partial charge in [0.15, 0.2) is 0 Å². The third-order valence-corrected chi connectivity index (χ3v) is 3.36. The number of halogens is 1. The minimum absolute atomic E-state index is 0.0671. The fourth-order valence-electron chi connectivity index (χ4n) is 1.97. The molecular formula is C16H19BrN2O. The summed E-state index contributed by atoms with van der Waals surface area (Å²) in [5.41, 5.74) is 8.89. The van der Waals surface area contributed by atoms with Gasteiger partial charge in [-0.2, -0.15) is 0 Å². The Morgan fingerprint density at radius 3 is 2.80 bits per heavy atom. The summed E-state index contributed by atoms with van der Waals surface area (Å²) in [7, 11) is 0. The molecule has 4 heteroatoms. The first kappa shape index (κ1) is 15.0. The zero-order valence-electron chi connectivity index (χ0n) is 11.8. The average molecular weight is 335 g/mol. The number of benzene rings is 1. The van der Waals surface area contributed by atoms with Gasteiger partial charge in [0.05, 0.1) is 5.69 Å². The number of nitrogens with zero attached hydrogens (tertiary/aromatic N) is 1. The molecule has 2 N–H and O–H groups in total. The largest absolute Gasteiger partial charge is 0.487 e. The van der Waals surface area contributed by atoms with Crippen LogP contribution in [0.3, 0.4) is 0 Å². The van der Waals surface area contributed by atoms with Gasteiger partial charge in [-0.25, -0.2) is 0 Å². The fraction of sp³-hybridized carbons (Fsp3) is 0.312. The van der Waals surface area contributed by atoms with Crippen molar-refractivity contribution >= 4 is 15.9 Å². The first-order chi connectivity index (χ1) is 9.54. The van der Waals surface area contributed by atoms with E-state index < -0.39 is 0 Å². The quantitative estimate of drug-likeness (QED) is 0.908. The predicted molar refractivity (Wildman–Crippen MR) is 84.8 cm³/mol. The van der Waals surface area contributed by atoms with Crippen molar-refractivity contribution in [1.29, 1.82) is 0 Å². The lowest BCUT2D eigenvalue weighted by Crippen LogP contribution is -2.19. The first-order valence-corrected chi connectivity index (χ1v) is 7.43. The van der Waals surface area contributed by atoms with Crippen LogP contribution in [0.15, 0.2) is 40.9 Å². The van der Waals surface area contributed by atoms with Crippen LogP contribution < -0.4 is 10.5 Å². The summed E-state index contributed by atoms with van der Waals surface area (Å²) < 4.78 is 6.95. The average Bonchev–Trinajstić information content (AvgIpc) is 2.37. The van der Waals surface area contributed by atoms with E-state index in [0.29, 0.717) is 6.61 Å². The number of aromatic nitrogens is 1. The van der Waals surface area contributed by atoms with Gasteiger partial charge in [0.1, 0.15) is 12.4 Å². The minimum atomic E-state index is 0.0671. The monoisotopic (exact) mass is 334 g/mol. The number of aryl methyl sites for hydroxylation is 1. The molecule has 0 saturated heterocycles. The zero-order chi connectivity index (χ0) is 14.5. The van der Waals surface area contributed by atoms with Crippen molar-refractivity contribution in [3.05, 3.63) is 57.8 Å². The Morgan fingerprint density at radius 1 is 1.30 bits per heavy atom. The Morgan fingerprint density at radius 2 is 2.10 bits per heavy atom. The van der Waals surface area contributed by atoms with Crippen LogP contribution in [-0.4, -0.2) is 11.0 Å². The molecule has 0 aliphatic heterocycles. The van der Waals surface area contributed by atoms with Gasteiger partial charge in [-0.1, -0.05) is 28.1 Å². The highest BCUT2D eigenvalue weighted by molar-refractivity contribution is 9.10. The van der Waals surface area contributed by atoms with Gasteiger partial charge < -0.3 is 10.5 Å². The first-order valence-electron chi connectivity index (χ1n) is 6.64. The maximum absolute atomic E-state index is 5.90. The van der Waals surface area contributed by atoms with Crippen LogP contribution in [0.25, 0.3) is 0 Å². The second kappa shape index (κ2) is 6.86. The van der Waals surface area contributed by atoms with E-state index in [1.165, 1.54) is 0 Å².